The zero-order valence-electron chi connectivity index (χ0n) is 16.5. The fourth-order valence-corrected chi connectivity index (χ4v) is 3.77. The molecule has 3 rings (SSSR count). The fourth-order valence-electron chi connectivity index (χ4n) is 3.77. The summed E-state index contributed by atoms with van der Waals surface area (Å²) >= 11 is 0. The number of allylic oxidation sites excluding steroid dienone is 1. The van der Waals surface area contributed by atoms with Crippen LogP contribution >= 0.6 is 0 Å². The number of carbonyl (C=O) groups is 1. The van der Waals surface area contributed by atoms with E-state index in [1.165, 1.54) is 31.3 Å². The summed E-state index contributed by atoms with van der Waals surface area (Å²) in [4.78, 5) is 16.6. The van der Waals surface area contributed by atoms with Crippen LogP contribution in [0.5, 0.6) is 11.5 Å². The number of hydrogen-bond acceptors (Lipinski definition) is 4. The first-order chi connectivity index (χ1) is 13.2. The number of amides is 2. The quantitative estimate of drug-likeness (QED) is 0.777. The number of hydrogen-bond donors (Lipinski definition) is 1. The Morgan fingerprint density at radius 2 is 1.93 bits per heavy atom. The Hall–Kier alpha value is -2.37. The molecule has 0 saturated carbocycles. The van der Waals surface area contributed by atoms with E-state index in [4.69, 9.17) is 9.47 Å². The summed E-state index contributed by atoms with van der Waals surface area (Å²) in [6.07, 6.45) is 8.30. The molecule has 1 aromatic rings. The Morgan fingerprint density at radius 3 is 2.59 bits per heavy atom. The topological polar surface area (TPSA) is 54.0 Å². The van der Waals surface area contributed by atoms with Gasteiger partial charge in [0.2, 0.25) is 0 Å². The van der Waals surface area contributed by atoms with Gasteiger partial charge in [-0.15, -0.1) is 0 Å². The predicted molar refractivity (Wildman–Crippen MR) is 108 cm³/mol. The molecule has 1 fully saturated rings. The van der Waals surface area contributed by atoms with Crippen molar-refractivity contribution in [1.82, 2.24) is 10.2 Å². The normalized spacial score (nSPS) is 17.3. The number of benzene rings is 1. The minimum Gasteiger partial charge on any atom is -0.497 e. The summed E-state index contributed by atoms with van der Waals surface area (Å²) in [5, 5.41) is 3.08. The van der Waals surface area contributed by atoms with Crippen LogP contribution in [0.2, 0.25) is 0 Å². The van der Waals surface area contributed by atoms with Gasteiger partial charge in [-0.05, 0) is 44.2 Å². The molecule has 1 heterocycles. The van der Waals surface area contributed by atoms with Crippen LogP contribution in [-0.4, -0.2) is 57.9 Å². The van der Waals surface area contributed by atoms with E-state index in [1.54, 1.807) is 14.2 Å². The highest BCUT2D eigenvalue weighted by molar-refractivity contribution is 5.74. The number of urea groups is 1. The maximum absolute atomic E-state index is 12.4. The third-order valence-electron chi connectivity index (χ3n) is 5.40. The SMILES string of the molecule is COc1ccc(OC)c(N2CCN(C(=O)NCCC3=CCCCC3)CC2)c1. The number of rotatable bonds is 6. The zero-order valence-corrected chi connectivity index (χ0v) is 16.5. The van der Waals surface area contributed by atoms with Gasteiger partial charge in [0.05, 0.1) is 19.9 Å². The fraction of sp³-hybridized carbons (Fsp3) is 0.571. The van der Waals surface area contributed by atoms with Crippen molar-refractivity contribution in [1.29, 1.82) is 0 Å². The summed E-state index contributed by atoms with van der Waals surface area (Å²) in [5.41, 5.74) is 2.51. The van der Waals surface area contributed by atoms with E-state index < -0.39 is 0 Å². The predicted octanol–water partition coefficient (Wildman–Crippen LogP) is 3.43. The highest BCUT2D eigenvalue weighted by Crippen LogP contribution is 2.32. The Labute approximate surface area is 162 Å². The number of anilines is 1. The van der Waals surface area contributed by atoms with Crippen LogP contribution in [0.3, 0.4) is 0 Å². The van der Waals surface area contributed by atoms with E-state index in [2.05, 4.69) is 16.3 Å². The molecule has 6 nitrogen and oxygen atoms in total. The smallest absolute Gasteiger partial charge is 0.317 e. The molecule has 2 aliphatic rings. The van der Waals surface area contributed by atoms with Crippen molar-refractivity contribution in [2.45, 2.75) is 32.1 Å². The molecule has 0 bridgehead atoms. The average molecular weight is 373 g/mol. The molecule has 0 atom stereocenters. The minimum atomic E-state index is 0.0451. The van der Waals surface area contributed by atoms with Crippen LogP contribution in [0.4, 0.5) is 10.5 Å². The van der Waals surface area contributed by atoms with Gasteiger partial charge in [-0.25, -0.2) is 4.79 Å². The van der Waals surface area contributed by atoms with Gasteiger partial charge < -0.3 is 24.6 Å². The highest BCUT2D eigenvalue weighted by atomic mass is 16.5. The van der Waals surface area contributed by atoms with E-state index in [9.17, 15) is 4.79 Å². The highest BCUT2D eigenvalue weighted by Gasteiger charge is 2.23. The van der Waals surface area contributed by atoms with Gasteiger partial charge in [0.25, 0.3) is 0 Å². The van der Waals surface area contributed by atoms with Gasteiger partial charge in [0.1, 0.15) is 11.5 Å². The summed E-state index contributed by atoms with van der Waals surface area (Å²) in [5.74, 6) is 1.64. The summed E-state index contributed by atoms with van der Waals surface area (Å²) in [6.45, 7) is 3.70. The largest absolute Gasteiger partial charge is 0.497 e. The molecule has 1 aliphatic heterocycles. The number of carbonyl (C=O) groups excluding carboxylic acids is 1. The lowest BCUT2D eigenvalue weighted by atomic mass is 9.97. The lowest BCUT2D eigenvalue weighted by Crippen LogP contribution is -2.52. The van der Waals surface area contributed by atoms with E-state index >= 15 is 0 Å². The second-order valence-corrected chi connectivity index (χ2v) is 7.10. The van der Waals surface area contributed by atoms with E-state index in [0.717, 1.165) is 43.2 Å². The van der Waals surface area contributed by atoms with Gasteiger partial charge in [-0.3, -0.25) is 0 Å². The first-order valence-electron chi connectivity index (χ1n) is 9.89. The number of piperazine rings is 1. The number of nitrogens with zero attached hydrogens (tertiary/aromatic N) is 2. The van der Waals surface area contributed by atoms with Crippen LogP contribution in [0, 0.1) is 0 Å². The number of ether oxygens (including phenoxy) is 2. The molecule has 0 radical (unpaired) electrons. The van der Waals surface area contributed by atoms with Crippen LogP contribution in [-0.2, 0) is 0 Å². The maximum atomic E-state index is 12.4. The molecule has 27 heavy (non-hydrogen) atoms. The van der Waals surface area contributed by atoms with Gasteiger partial charge >= 0.3 is 6.03 Å². The molecule has 1 aromatic carbocycles. The molecule has 1 saturated heterocycles. The Kier molecular flexibility index (Phi) is 6.85. The Bertz CT molecular complexity index is 667. The first-order valence-corrected chi connectivity index (χ1v) is 9.89. The Balaban J connectivity index is 1.48. The zero-order chi connectivity index (χ0) is 19.1. The molecule has 1 N–H and O–H groups in total. The van der Waals surface area contributed by atoms with Gasteiger partial charge in [-0.2, -0.15) is 0 Å². The van der Waals surface area contributed by atoms with E-state index in [-0.39, 0.29) is 6.03 Å². The van der Waals surface area contributed by atoms with Crippen molar-refractivity contribution < 1.29 is 14.3 Å². The first kappa shape index (κ1) is 19.4. The van der Waals surface area contributed by atoms with Crippen molar-refractivity contribution in [3.05, 3.63) is 29.8 Å². The van der Waals surface area contributed by atoms with Crippen molar-refractivity contribution in [2.24, 2.45) is 0 Å². The third kappa shape index (κ3) is 5.08. The van der Waals surface area contributed by atoms with Gasteiger partial charge in [0, 0.05) is 38.8 Å². The molecular weight excluding hydrogens is 342 g/mol. The maximum Gasteiger partial charge on any atom is 0.317 e. The molecule has 148 valence electrons. The van der Waals surface area contributed by atoms with E-state index in [1.807, 2.05) is 23.1 Å². The van der Waals surface area contributed by atoms with Crippen LogP contribution < -0.4 is 19.7 Å². The van der Waals surface area contributed by atoms with Gasteiger partial charge in [0.15, 0.2) is 0 Å². The molecule has 0 spiro atoms. The second-order valence-electron chi connectivity index (χ2n) is 7.10. The minimum absolute atomic E-state index is 0.0451. The molecule has 1 aliphatic carbocycles. The Morgan fingerprint density at radius 1 is 1.11 bits per heavy atom. The van der Waals surface area contributed by atoms with Crippen LogP contribution in [0.1, 0.15) is 32.1 Å². The van der Waals surface area contributed by atoms with E-state index in [0.29, 0.717) is 13.1 Å². The molecular formula is C21H31N3O3. The molecule has 0 aromatic heterocycles. The summed E-state index contributed by atoms with van der Waals surface area (Å²) in [6, 6.07) is 5.86. The summed E-state index contributed by atoms with van der Waals surface area (Å²) < 4.78 is 10.8. The molecule has 0 unspecified atom stereocenters. The van der Waals surface area contributed by atoms with Crippen molar-refractivity contribution in [2.75, 3.05) is 51.8 Å². The summed E-state index contributed by atoms with van der Waals surface area (Å²) in [7, 11) is 3.34. The van der Waals surface area contributed by atoms with Crippen molar-refractivity contribution in [3.63, 3.8) is 0 Å². The van der Waals surface area contributed by atoms with Crippen LogP contribution in [0.15, 0.2) is 29.8 Å². The second kappa shape index (κ2) is 9.53. The molecule has 2 amide bonds. The van der Waals surface area contributed by atoms with Crippen molar-refractivity contribution >= 4 is 11.7 Å². The van der Waals surface area contributed by atoms with Crippen LogP contribution in [0.25, 0.3) is 0 Å². The van der Waals surface area contributed by atoms with Gasteiger partial charge in [-0.1, -0.05) is 11.6 Å². The lowest BCUT2D eigenvalue weighted by Gasteiger charge is -2.36. The lowest BCUT2D eigenvalue weighted by molar-refractivity contribution is 0.194. The monoisotopic (exact) mass is 373 g/mol. The standard InChI is InChI=1S/C21H31N3O3/c1-26-18-8-9-20(27-2)19(16-18)23-12-14-24(15-13-23)21(25)22-11-10-17-6-4-3-5-7-17/h6,8-9,16H,3-5,7,10-15H2,1-2H3,(H,22,25). The molecule has 6 heteroatoms. The average Bonchev–Trinajstić information content (AvgIpc) is 2.74. The number of methoxy groups -OCH3 is 2. The third-order valence-corrected chi connectivity index (χ3v) is 5.40. The van der Waals surface area contributed by atoms with Crippen molar-refractivity contribution in [3.8, 4) is 11.5 Å². The number of nitrogens with one attached hydrogen (secondary N) is 1.